The number of hydrogen-bond acceptors (Lipinski definition) is 4. The van der Waals surface area contributed by atoms with Gasteiger partial charge in [-0.1, -0.05) is 11.6 Å². The van der Waals surface area contributed by atoms with E-state index in [-0.39, 0.29) is 0 Å². The second-order valence-corrected chi connectivity index (χ2v) is 2.53. The van der Waals surface area contributed by atoms with Crippen molar-refractivity contribution >= 4 is 11.6 Å². The predicted octanol–water partition coefficient (Wildman–Crippen LogP) is 1.28. The molecule has 0 fully saturated rings. The van der Waals surface area contributed by atoms with Crippen molar-refractivity contribution in [3.05, 3.63) is 16.8 Å². The summed E-state index contributed by atoms with van der Waals surface area (Å²) in [5, 5.41) is 7.99. The van der Waals surface area contributed by atoms with Crippen LogP contribution in [-0.4, -0.2) is 24.4 Å². The second-order valence-electron chi connectivity index (χ2n) is 2.13. The highest BCUT2D eigenvalue weighted by Crippen LogP contribution is 2.20. The molecule has 0 radical (unpaired) electrons. The molecule has 66 valence electrons. The minimum absolute atomic E-state index is 0.330. The Kier molecular flexibility index (Phi) is 3.25. The molecule has 5 heteroatoms. The number of hydrogen-bond donors (Lipinski definition) is 0. The highest BCUT2D eigenvalue weighted by molar-refractivity contribution is 6.31. The van der Waals surface area contributed by atoms with Gasteiger partial charge in [-0.05, 0) is 6.07 Å². The molecular formula is C7H9ClN2O2. The first-order valence-corrected chi connectivity index (χ1v) is 3.70. The van der Waals surface area contributed by atoms with Crippen LogP contribution in [0.4, 0.5) is 0 Å². The van der Waals surface area contributed by atoms with E-state index >= 15 is 0 Å². The van der Waals surface area contributed by atoms with Gasteiger partial charge in [-0.2, -0.15) is 0 Å². The van der Waals surface area contributed by atoms with Gasteiger partial charge < -0.3 is 9.47 Å². The molecule has 0 aliphatic heterocycles. The molecule has 12 heavy (non-hydrogen) atoms. The zero-order valence-corrected chi connectivity index (χ0v) is 7.63. The third-order valence-corrected chi connectivity index (χ3v) is 1.52. The molecule has 0 saturated carbocycles. The van der Waals surface area contributed by atoms with Crippen LogP contribution in [0.3, 0.4) is 0 Å². The van der Waals surface area contributed by atoms with Crippen LogP contribution in [0, 0.1) is 0 Å². The molecule has 1 aromatic rings. The Morgan fingerprint density at radius 3 is 2.67 bits per heavy atom. The quantitative estimate of drug-likeness (QED) is 0.717. The first-order valence-electron chi connectivity index (χ1n) is 3.33. The fourth-order valence-electron chi connectivity index (χ4n) is 0.751. The first-order chi connectivity index (χ1) is 5.77. The minimum atomic E-state index is 0.330. The minimum Gasteiger partial charge on any atom is -0.479 e. The van der Waals surface area contributed by atoms with Gasteiger partial charge in [0.1, 0.15) is 5.02 Å². The lowest BCUT2D eigenvalue weighted by Crippen LogP contribution is -1.97. The SMILES string of the molecule is COCc1cc(Cl)c(OC)nn1. The fraction of sp³-hybridized carbons (Fsp3) is 0.429. The van der Waals surface area contributed by atoms with E-state index in [0.717, 1.165) is 0 Å². The molecule has 1 heterocycles. The van der Waals surface area contributed by atoms with Gasteiger partial charge >= 0.3 is 0 Å². The highest BCUT2D eigenvalue weighted by atomic mass is 35.5. The summed E-state index contributed by atoms with van der Waals surface area (Å²) in [5.41, 5.74) is 0.684. The van der Waals surface area contributed by atoms with Crippen LogP contribution in [0.15, 0.2) is 6.07 Å². The molecule has 0 aliphatic rings. The summed E-state index contributed by atoms with van der Waals surface area (Å²) in [4.78, 5) is 0. The van der Waals surface area contributed by atoms with Crippen molar-refractivity contribution in [2.75, 3.05) is 14.2 Å². The normalized spacial score (nSPS) is 9.92. The van der Waals surface area contributed by atoms with Crippen molar-refractivity contribution in [3.8, 4) is 5.88 Å². The first kappa shape index (κ1) is 9.22. The zero-order chi connectivity index (χ0) is 8.97. The van der Waals surface area contributed by atoms with E-state index in [9.17, 15) is 0 Å². The standard InChI is InChI=1S/C7H9ClN2O2/c1-11-4-5-3-6(8)7(12-2)10-9-5/h3H,4H2,1-2H3. The van der Waals surface area contributed by atoms with Crippen molar-refractivity contribution in [1.82, 2.24) is 10.2 Å². The van der Waals surface area contributed by atoms with Crippen LogP contribution in [0.25, 0.3) is 0 Å². The van der Waals surface area contributed by atoms with Gasteiger partial charge in [0.25, 0.3) is 5.88 Å². The lowest BCUT2D eigenvalue weighted by Gasteiger charge is -2.01. The number of ether oxygens (including phenoxy) is 2. The maximum Gasteiger partial charge on any atom is 0.252 e. The summed E-state index contributed by atoms with van der Waals surface area (Å²) in [7, 11) is 3.08. The van der Waals surface area contributed by atoms with Crippen LogP contribution < -0.4 is 4.74 Å². The van der Waals surface area contributed by atoms with Crippen molar-refractivity contribution in [1.29, 1.82) is 0 Å². The van der Waals surface area contributed by atoms with E-state index in [2.05, 4.69) is 10.2 Å². The van der Waals surface area contributed by atoms with E-state index < -0.39 is 0 Å². The molecule has 0 N–H and O–H groups in total. The maximum atomic E-state index is 5.78. The summed E-state index contributed by atoms with van der Waals surface area (Å²) in [6.45, 7) is 0.400. The van der Waals surface area contributed by atoms with Gasteiger partial charge in [0.15, 0.2) is 0 Å². The average Bonchev–Trinajstić information content (AvgIpc) is 2.05. The number of methoxy groups -OCH3 is 2. The van der Waals surface area contributed by atoms with E-state index in [1.54, 1.807) is 13.2 Å². The van der Waals surface area contributed by atoms with Gasteiger partial charge in [0.2, 0.25) is 0 Å². The van der Waals surface area contributed by atoms with E-state index in [0.29, 0.717) is 23.2 Å². The fourth-order valence-corrected chi connectivity index (χ4v) is 0.992. The molecular weight excluding hydrogens is 180 g/mol. The lowest BCUT2D eigenvalue weighted by molar-refractivity contribution is 0.180. The third-order valence-electron chi connectivity index (χ3n) is 1.25. The van der Waals surface area contributed by atoms with Gasteiger partial charge in [0.05, 0.1) is 19.4 Å². The van der Waals surface area contributed by atoms with Crippen molar-refractivity contribution in [2.45, 2.75) is 6.61 Å². The van der Waals surface area contributed by atoms with E-state index in [4.69, 9.17) is 21.1 Å². The van der Waals surface area contributed by atoms with E-state index in [1.165, 1.54) is 7.11 Å². The monoisotopic (exact) mass is 188 g/mol. The lowest BCUT2D eigenvalue weighted by atomic mass is 10.4. The molecule has 0 aliphatic carbocycles. The second kappa shape index (κ2) is 4.23. The Bertz CT molecular complexity index is 268. The summed E-state index contributed by atoms with van der Waals surface area (Å²) < 4.78 is 9.69. The number of rotatable bonds is 3. The summed E-state index contributed by atoms with van der Waals surface area (Å²) in [6.07, 6.45) is 0. The van der Waals surface area contributed by atoms with Crippen LogP contribution in [0.2, 0.25) is 5.02 Å². The Hall–Kier alpha value is -0.870. The molecule has 0 aromatic carbocycles. The smallest absolute Gasteiger partial charge is 0.252 e. The molecule has 0 atom stereocenters. The molecule has 1 aromatic heterocycles. The summed E-state index contributed by atoms with van der Waals surface area (Å²) >= 11 is 5.78. The Labute approximate surface area is 75.5 Å². The number of aromatic nitrogens is 2. The Morgan fingerprint density at radius 2 is 2.17 bits per heavy atom. The molecule has 0 bridgehead atoms. The van der Waals surface area contributed by atoms with E-state index in [1.807, 2.05) is 0 Å². The maximum absolute atomic E-state index is 5.78. The van der Waals surface area contributed by atoms with Crippen LogP contribution in [-0.2, 0) is 11.3 Å². The molecule has 1 rings (SSSR count). The number of nitrogens with zero attached hydrogens (tertiary/aromatic N) is 2. The zero-order valence-electron chi connectivity index (χ0n) is 6.87. The predicted molar refractivity (Wildman–Crippen MR) is 44.3 cm³/mol. The van der Waals surface area contributed by atoms with Crippen LogP contribution >= 0.6 is 11.6 Å². The van der Waals surface area contributed by atoms with Crippen LogP contribution in [0.1, 0.15) is 5.69 Å². The highest BCUT2D eigenvalue weighted by Gasteiger charge is 2.03. The van der Waals surface area contributed by atoms with Gasteiger partial charge in [-0.3, -0.25) is 0 Å². The average molecular weight is 189 g/mol. The molecule has 0 unspecified atom stereocenters. The molecule has 0 spiro atoms. The molecule has 0 amide bonds. The van der Waals surface area contributed by atoms with Crippen molar-refractivity contribution < 1.29 is 9.47 Å². The van der Waals surface area contributed by atoms with Crippen molar-refractivity contribution in [3.63, 3.8) is 0 Å². The molecule has 0 saturated heterocycles. The van der Waals surface area contributed by atoms with Gasteiger partial charge in [0, 0.05) is 7.11 Å². The third kappa shape index (κ3) is 2.06. The Morgan fingerprint density at radius 1 is 1.42 bits per heavy atom. The molecule has 4 nitrogen and oxygen atoms in total. The van der Waals surface area contributed by atoms with Crippen molar-refractivity contribution in [2.24, 2.45) is 0 Å². The van der Waals surface area contributed by atoms with Gasteiger partial charge in [-0.15, -0.1) is 10.2 Å². The topological polar surface area (TPSA) is 44.2 Å². The summed E-state index contributed by atoms with van der Waals surface area (Å²) in [6, 6.07) is 1.66. The van der Waals surface area contributed by atoms with Crippen LogP contribution in [0.5, 0.6) is 5.88 Å². The number of halogens is 1. The largest absolute Gasteiger partial charge is 0.479 e. The summed E-state index contributed by atoms with van der Waals surface area (Å²) in [5.74, 6) is 0.330. The Balaban J connectivity index is 2.86. The van der Waals surface area contributed by atoms with Gasteiger partial charge in [-0.25, -0.2) is 0 Å².